The van der Waals surface area contributed by atoms with Gasteiger partial charge in [-0.05, 0) is 37.9 Å². The minimum absolute atomic E-state index is 0.0600. The summed E-state index contributed by atoms with van der Waals surface area (Å²) < 4.78 is 0. The molecule has 1 unspecified atom stereocenters. The van der Waals surface area contributed by atoms with Gasteiger partial charge >= 0.3 is 0 Å². The first-order chi connectivity index (χ1) is 15.3. The number of anilines is 1. The third kappa shape index (κ3) is 5.09. The fraction of sp³-hybridized carbons (Fsp3) is 0.259. The highest BCUT2D eigenvalue weighted by molar-refractivity contribution is 6.17. The van der Waals surface area contributed by atoms with Gasteiger partial charge in [0, 0.05) is 24.2 Å². The Morgan fingerprint density at radius 2 is 1.65 bits per heavy atom. The van der Waals surface area contributed by atoms with Crippen LogP contribution in [-0.4, -0.2) is 35.7 Å². The molecule has 4 rings (SSSR count). The summed E-state index contributed by atoms with van der Waals surface area (Å²) in [5, 5.41) is 3.22. The third-order valence-corrected chi connectivity index (χ3v) is 5.70. The number of hydrogen-bond acceptors (Lipinski definition) is 3. The van der Waals surface area contributed by atoms with Crippen LogP contribution in [0.25, 0.3) is 0 Å². The van der Waals surface area contributed by atoms with Gasteiger partial charge in [-0.2, -0.15) is 0 Å². The Morgan fingerprint density at radius 1 is 0.968 bits per heavy atom. The van der Waals surface area contributed by atoms with E-state index >= 15 is 0 Å². The minimum atomic E-state index is -0.114. The average molecular weight is 412 g/mol. The number of benzene rings is 3. The van der Waals surface area contributed by atoms with Crippen LogP contribution < -0.4 is 5.32 Å². The van der Waals surface area contributed by atoms with Crippen molar-refractivity contribution >= 4 is 17.3 Å². The van der Waals surface area contributed by atoms with Crippen LogP contribution in [0.1, 0.15) is 36.5 Å². The maximum absolute atomic E-state index is 13.3. The zero-order valence-electron chi connectivity index (χ0n) is 18.0. The van der Waals surface area contributed by atoms with Crippen LogP contribution >= 0.6 is 0 Å². The molecule has 3 aromatic carbocycles. The number of likely N-dealkylation sites (tertiary alicyclic amines) is 1. The number of hydrogen-bond donors (Lipinski definition) is 1. The maximum atomic E-state index is 13.3. The summed E-state index contributed by atoms with van der Waals surface area (Å²) in [7, 11) is 0. The molecule has 0 radical (unpaired) electrons. The Bertz CT molecular complexity index is 1030. The van der Waals surface area contributed by atoms with Gasteiger partial charge in [-0.15, -0.1) is 0 Å². The molecule has 1 aliphatic heterocycles. The molecular weight excluding hydrogens is 382 g/mol. The summed E-state index contributed by atoms with van der Waals surface area (Å²) in [6.45, 7) is 4.46. The molecule has 31 heavy (non-hydrogen) atoms. The molecule has 1 fully saturated rings. The van der Waals surface area contributed by atoms with Crippen molar-refractivity contribution in [2.75, 3.05) is 18.4 Å². The normalized spacial score (nSPS) is 16.9. The van der Waals surface area contributed by atoms with Crippen LogP contribution in [0.4, 0.5) is 5.69 Å². The lowest BCUT2D eigenvalue weighted by molar-refractivity contribution is -0.120. The Hall–Kier alpha value is -3.24. The van der Waals surface area contributed by atoms with Crippen LogP contribution in [0.2, 0.25) is 0 Å². The van der Waals surface area contributed by atoms with Gasteiger partial charge in [0.25, 0.3) is 0 Å². The Balaban J connectivity index is 1.56. The van der Waals surface area contributed by atoms with Crippen molar-refractivity contribution in [3.8, 4) is 0 Å². The number of rotatable bonds is 7. The van der Waals surface area contributed by atoms with Crippen molar-refractivity contribution in [2.24, 2.45) is 4.99 Å². The first-order valence-electron chi connectivity index (χ1n) is 11.0. The van der Waals surface area contributed by atoms with E-state index in [1.54, 1.807) is 0 Å². The van der Waals surface area contributed by atoms with E-state index in [-0.39, 0.29) is 11.9 Å². The molecule has 3 aromatic rings. The summed E-state index contributed by atoms with van der Waals surface area (Å²) in [6.07, 6.45) is 1.93. The standard InChI is InChI=1S/C27H29N3O/c1-2-28-26(22-14-7-4-8-15-22)23-16-9-10-17-24(23)29-27(31)25-18-11-19-30(25)20-21-12-5-3-6-13-21/h3-10,12-17,25H,2,11,18-20H2,1H3,(H,29,31)/b28-26+. The predicted octanol–water partition coefficient (Wildman–Crippen LogP) is 5.15. The van der Waals surface area contributed by atoms with Crippen molar-refractivity contribution in [1.82, 2.24) is 4.90 Å². The Kier molecular flexibility index (Phi) is 6.90. The highest BCUT2D eigenvalue weighted by Crippen LogP contribution is 2.24. The van der Waals surface area contributed by atoms with E-state index in [1.807, 2.05) is 55.5 Å². The SMILES string of the molecule is CC/N=C(\c1ccccc1)c1ccccc1NC(=O)C1CCCN1Cc1ccccc1. The molecule has 1 saturated heterocycles. The molecule has 4 heteroatoms. The van der Waals surface area contributed by atoms with E-state index in [0.29, 0.717) is 6.54 Å². The summed E-state index contributed by atoms with van der Waals surface area (Å²) in [5.41, 5.74) is 4.97. The second-order valence-electron chi connectivity index (χ2n) is 7.84. The van der Waals surface area contributed by atoms with Crippen LogP contribution in [0, 0.1) is 0 Å². The monoisotopic (exact) mass is 411 g/mol. The number of para-hydroxylation sites is 1. The predicted molar refractivity (Wildman–Crippen MR) is 128 cm³/mol. The van der Waals surface area contributed by atoms with Gasteiger partial charge in [0.2, 0.25) is 5.91 Å². The van der Waals surface area contributed by atoms with E-state index in [4.69, 9.17) is 4.99 Å². The van der Waals surface area contributed by atoms with Crippen LogP contribution in [0.3, 0.4) is 0 Å². The molecule has 1 atom stereocenters. The quantitative estimate of drug-likeness (QED) is 0.547. The van der Waals surface area contributed by atoms with Crippen molar-refractivity contribution in [3.05, 3.63) is 102 Å². The van der Waals surface area contributed by atoms with E-state index in [2.05, 4.69) is 46.6 Å². The smallest absolute Gasteiger partial charge is 0.241 e. The Labute approximate surface area is 184 Å². The van der Waals surface area contributed by atoms with E-state index in [9.17, 15) is 4.79 Å². The van der Waals surface area contributed by atoms with Gasteiger partial charge in [-0.1, -0.05) is 78.9 Å². The zero-order valence-corrected chi connectivity index (χ0v) is 18.0. The summed E-state index contributed by atoms with van der Waals surface area (Å²) in [6, 6.07) is 28.4. The first kappa shape index (κ1) is 21.0. The van der Waals surface area contributed by atoms with Crippen molar-refractivity contribution < 1.29 is 4.79 Å². The number of aliphatic imine (C=N–C) groups is 1. The molecule has 0 saturated carbocycles. The molecule has 158 valence electrons. The summed E-state index contributed by atoms with van der Waals surface area (Å²) in [5.74, 6) is 0.0600. The van der Waals surface area contributed by atoms with Crippen molar-refractivity contribution in [3.63, 3.8) is 0 Å². The van der Waals surface area contributed by atoms with Crippen molar-refractivity contribution in [1.29, 1.82) is 0 Å². The second-order valence-corrected chi connectivity index (χ2v) is 7.84. The number of amides is 1. The van der Waals surface area contributed by atoms with Gasteiger partial charge in [0.1, 0.15) is 0 Å². The van der Waals surface area contributed by atoms with Gasteiger partial charge in [-0.25, -0.2) is 0 Å². The highest BCUT2D eigenvalue weighted by atomic mass is 16.2. The summed E-state index contributed by atoms with van der Waals surface area (Å²) in [4.78, 5) is 20.3. The highest BCUT2D eigenvalue weighted by Gasteiger charge is 2.31. The minimum Gasteiger partial charge on any atom is -0.324 e. The lowest BCUT2D eigenvalue weighted by Crippen LogP contribution is -2.39. The fourth-order valence-corrected chi connectivity index (χ4v) is 4.23. The molecule has 0 bridgehead atoms. The number of nitrogens with one attached hydrogen (secondary N) is 1. The van der Waals surface area contributed by atoms with E-state index < -0.39 is 0 Å². The molecular formula is C27H29N3O. The average Bonchev–Trinajstić information content (AvgIpc) is 3.27. The molecule has 1 aliphatic rings. The lowest BCUT2D eigenvalue weighted by Gasteiger charge is -2.24. The topological polar surface area (TPSA) is 44.7 Å². The Morgan fingerprint density at radius 3 is 2.39 bits per heavy atom. The molecule has 4 nitrogen and oxygen atoms in total. The molecule has 1 amide bonds. The maximum Gasteiger partial charge on any atom is 0.241 e. The third-order valence-electron chi connectivity index (χ3n) is 5.70. The van der Waals surface area contributed by atoms with Crippen LogP contribution in [0.15, 0.2) is 89.9 Å². The van der Waals surface area contributed by atoms with Gasteiger partial charge in [0.15, 0.2) is 0 Å². The number of carbonyl (C=O) groups excluding carboxylic acids is 1. The molecule has 1 N–H and O–H groups in total. The van der Waals surface area contributed by atoms with Gasteiger partial charge < -0.3 is 5.32 Å². The molecule has 0 aromatic heterocycles. The largest absolute Gasteiger partial charge is 0.324 e. The lowest BCUT2D eigenvalue weighted by atomic mass is 10.00. The number of nitrogens with zero attached hydrogens (tertiary/aromatic N) is 2. The van der Waals surface area contributed by atoms with Crippen LogP contribution in [-0.2, 0) is 11.3 Å². The van der Waals surface area contributed by atoms with Crippen LogP contribution in [0.5, 0.6) is 0 Å². The fourth-order valence-electron chi connectivity index (χ4n) is 4.23. The van der Waals surface area contributed by atoms with Gasteiger partial charge in [0.05, 0.1) is 17.4 Å². The number of carbonyl (C=O) groups is 1. The molecule has 0 aliphatic carbocycles. The van der Waals surface area contributed by atoms with E-state index in [0.717, 1.165) is 48.5 Å². The second kappa shape index (κ2) is 10.2. The molecule has 0 spiro atoms. The van der Waals surface area contributed by atoms with Crippen molar-refractivity contribution in [2.45, 2.75) is 32.4 Å². The first-order valence-corrected chi connectivity index (χ1v) is 11.0. The van der Waals surface area contributed by atoms with Gasteiger partial charge in [-0.3, -0.25) is 14.7 Å². The van der Waals surface area contributed by atoms with E-state index in [1.165, 1.54) is 5.56 Å². The molecule has 1 heterocycles. The zero-order chi connectivity index (χ0) is 21.5. The summed E-state index contributed by atoms with van der Waals surface area (Å²) >= 11 is 0.